The third kappa shape index (κ3) is 3.00. The van der Waals surface area contributed by atoms with Gasteiger partial charge in [0.05, 0.1) is 23.7 Å². The second kappa shape index (κ2) is 8.03. The highest BCUT2D eigenvalue weighted by Gasteiger charge is 2.67. The van der Waals surface area contributed by atoms with E-state index in [0.717, 1.165) is 50.5 Å². The number of ketones is 2. The summed E-state index contributed by atoms with van der Waals surface area (Å²) in [6.45, 7) is 11.4. The maximum absolute atomic E-state index is 13.0. The smallest absolute Gasteiger partial charge is 0.311 e. The number of esters is 1. The zero-order valence-electron chi connectivity index (χ0n) is 24.3. The summed E-state index contributed by atoms with van der Waals surface area (Å²) in [7, 11) is 1.48. The van der Waals surface area contributed by atoms with Gasteiger partial charge >= 0.3 is 5.97 Å². The summed E-state index contributed by atoms with van der Waals surface area (Å²) in [5.41, 5.74) is 2.52. The van der Waals surface area contributed by atoms with Crippen LogP contribution in [0.2, 0.25) is 0 Å². The highest BCUT2D eigenvalue weighted by Crippen LogP contribution is 2.76. The fourth-order valence-corrected chi connectivity index (χ4v) is 9.72. The van der Waals surface area contributed by atoms with Crippen LogP contribution in [0.5, 0.6) is 0 Å². The van der Waals surface area contributed by atoms with Crippen LogP contribution in [0.1, 0.15) is 112 Å². The normalized spacial score (nSPS) is 39.2. The molecule has 0 bridgehead atoms. The molecule has 206 valence electrons. The maximum Gasteiger partial charge on any atom is 0.311 e. The van der Waals surface area contributed by atoms with Crippen molar-refractivity contribution in [1.82, 2.24) is 0 Å². The number of carbonyl (C=O) groups excluding carboxylic acids is 3. The van der Waals surface area contributed by atoms with E-state index in [0.29, 0.717) is 11.1 Å². The summed E-state index contributed by atoms with van der Waals surface area (Å²) < 4.78 is 5.28. The Morgan fingerprint density at radius 3 is 2.30 bits per heavy atom. The molecular formula is C34H36N2O4. The molecule has 0 heterocycles. The predicted octanol–water partition coefficient (Wildman–Crippen LogP) is 6.57. The monoisotopic (exact) mass is 536 g/mol. The van der Waals surface area contributed by atoms with Gasteiger partial charge in [0, 0.05) is 16.5 Å². The van der Waals surface area contributed by atoms with Crippen LogP contribution in [0, 0.1) is 55.7 Å². The van der Waals surface area contributed by atoms with Gasteiger partial charge in [0.2, 0.25) is 11.6 Å². The van der Waals surface area contributed by atoms with Crippen molar-refractivity contribution < 1.29 is 19.1 Å². The lowest BCUT2D eigenvalue weighted by Crippen LogP contribution is -2.62. The Morgan fingerprint density at radius 2 is 1.65 bits per heavy atom. The number of fused-ring (bicyclic) bond motifs is 6. The summed E-state index contributed by atoms with van der Waals surface area (Å²) in [5, 5.41) is 20.0. The third-order valence-corrected chi connectivity index (χ3v) is 12.5. The van der Waals surface area contributed by atoms with Gasteiger partial charge in [-0.05, 0) is 97.3 Å². The summed E-state index contributed by atoms with van der Waals surface area (Å²) in [6.07, 6.45) is 9.85. The fraction of sp³-hybridized carbons (Fsp3) is 0.559. The van der Waals surface area contributed by atoms with Gasteiger partial charge in [-0.25, -0.2) is 0 Å². The second-order valence-electron chi connectivity index (χ2n) is 14.2. The Bertz CT molecular complexity index is 1590. The van der Waals surface area contributed by atoms with Crippen molar-refractivity contribution >= 4 is 29.2 Å². The number of hydrogen-bond acceptors (Lipinski definition) is 6. The number of hydrogen-bond donors (Lipinski definition) is 0. The molecule has 1 aromatic carbocycles. The highest BCUT2D eigenvalue weighted by atomic mass is 16.5. The van der Waals surface area contributed by atoms with E-state index >= 15 is 0 Å². The molecule has 6 heteroatoms. The molecule has 0 spiro atoms. The molecule has 0 aromatic heterocycles. The number of Topliss-reactive ketones (excluding diaryl/α,β-unsaturated/α-hetero) is 1. The van der Waals surface area contributed by atoms with Crippen LogP contribution in [-0.4, -0.2) is 24.6 Å². The first-order valence-corrected chi connectivity index (χ1v) is 14.4. The van der Waals surface area contributed by atoms with Crippen molar-refractivity contribution in [2.24, 2.45) is 33.0 Å². The molecule has 0 unspecified atom stereocenters. The van der Waals surface area contributed by atoms with Gasteiger partial charge in [0.1, 0.15) is 12.1 Å². The van der Waals surface area contributed by atoms with Crippen molar-refractivity contribution in [2.45, 2.75) is 79.6 Å². The predicted molar refractivity (Wildman–Crippen MR) is 150 cm³/mol. The van der Waals surface area contributed by atoms with E-state index < -0.39 is 22.4 Å². The summed E-state index contributed by atoms with van der Waals surface area (Å²) >= 11 is 0. The van der Waals surface area contributed by atoms with Crippen molar-refractivity contribution in [2.75, 3.05) is 7.11 Å². The highest BCUT2D eigenvalue weighted by molar-refractivity contribution is 6.51. The molecule has 6 atom stereocenters. The van der Waals surface area contributed by atoms with Gasteiger partial charge in [0.15, 0.2) is 0 Å². The van der Waals surface area contributed by atoms with E-state index in [1.54, 1.807) is 0 Å². The Labute approximate surface area is 236 Å². The van der Waals surface area contributed by atoms with Gasteiger partial charge in [-0.15, -0.1) is 0 Å². The van der Waals surface area contributed by atoms with Crippen LogP contribution in [0.4, 0.5) is 0 Å². The Kier molecular flexibility index (Phi) is 5.36. The summed E-state index contributed by atoms with van der Waals surface area (Å²) in [5.74, 6) is -1.04. The molecule has 1 aromatic rings. The van der Waals surface area contributed by atoms with E-state index in [4.69, 9.17) is 4.74 Å². The van der Waals surface area contributed by atoms with E-state index in [2.05, 4.69) is 52.8 Å². The lowest BCUT2D eigenvalue weighted by atomic mass is 9.34. The fourth-order valence-electron chi connectivity index (χ4n) is 9.72. The summed E-state index contributed by atoms with van der Waals surface area (Å²) in [4.78, 5) is 39.0. The van der Waals surface area contributed by atoms with Crippen LogP contribution in [0.25, 0.3) is 11.6 Å². The third-order valence-electron chi connectivity index (χ3n) is 12.5. The van der Waals surface area contributed by atoms with Crippen LogP contribution >= 0.6 is 0 Å². The molecule has 5 aliphatic carbocycles. The topological polar surface area (TPSA) is 108 Å². The first kappa shape index (κ1) is 26.7. The number of ether oxygens (including phenoxy) is 1. The molecule has 0 aliphatic heterocycles. The molecule has 0 N–H and O–H groups in total. The number of benzene rings is 1. The minimum Gasteiger partial charge on any atom is -0.469 e. The number of rotatable bonds is 1. The molecule has 3 saturated carbocycles. The van der Waals surface area contributed by atoms with E-state index in [9.17, 15) is 24.9 Å². The van der Waals surface area contributed by atoms with Crippen molar-refractivity contribution in [3.63, 3.8) is 0 Å². The molecule has 6 nitrogen and oxygen atoms in total. The van der Waals surface area contributed by atoms with Gasteiger partial charge in [0.25, 0.3) is 0 Å². The first-order valence-electron chi connectivity index (χ1n) is 14.4. The second-order valence-corrected chi connectivity index (χ2v) is 14.2. The number of nitriles is 2. The van der Waals surface area contributed by atoms with Crippen LogP contribution in [-0.2, 0) is 14.3 Å². The molecule has 0 amide bonds. The number of carbonyl (C=O) groups is 3. The maximum atomic E-state index is 13.0. The Morgan fingerprint density at radius 1 is 0.950 bits per heavy atom. The van der Waals surface area contributed by atoms with Crippen molar-refractivity contribution in [1.29, 1.82) is 10.5 Å². The van der Waals surface area contributed by atoms with Crippen molar-refractivity contribution in [3.05, 3.63) is 45.5 Å². The van der Waals surface area contributed by atoms with Crippen LogP contribution < -0.4 is 0 Å². The Balaban J connectivity index is 1.60. The van der Waals surface area contributed by atoms with Gasteiger partial charge in [-0.1, -0.05) is 39.3 Å². The Hall–Kier alpha value is -3.51. The van der Waals surface area contributed by atoms with Crippen LogP contribution in [0.3, 0.4) is 0 Å². The zero-order valence-corrected chi connectivity index (χ0v) is 24.3. The van der Waals surface area contributed by atoms with E-state index in [-0.39, 0.29) is 44.8 Å². The van der Waals surface area contributed by atoms with Crippen LogP contribution in [0.15, 0.2) is 17.7 Å². The van der Waals surface area contributed by atoms with Crippen molar-refractivity contribution in [3.8, 4) is 12.1 Å². The number of nitrogens with zero attached hydrogens (tertiary/aromatic N) is 2. The minimum absolute atomic E-state index is 0.105. The molecule has 5 aliphatic rings. The largest absolute Gasteiger partial charge is 0.469 e. The van der Waals surface area contributed by atoms with Gasteiger partial charge < -0.3 is 4.74 Å². The van der Waals surface area contributed by atoms with E-state index in [1.165, 1.54) is 24.8 Å². The molecule has 0 radical (unpaired) electrons. The average Bonchev–Trinajstić information content (AvgIpc) is 2.93. The lowest BCUT2D eigenvalue weighted by molar-refractivity contribution is -0.179. The molecule has 40 heavy (non-hydrogen) atoms. The first-order chi connectivity index (χ1) is 18.7. The minimum atomic E-state index is -0.619. The zero-order chi connectivity index (χ0) is 29.0. The standard InChI is InChI=1S/C34H36N2O4/c1-30-7-8-31(2,29(39)40-6)16-26(30)34(5)12-10-32(3)23-15-24(37)28(38)21-13-19(17-35)22(18-36)20(27(21)23)14-25(32)33(34,4)11-9-30/h13-15,26H,7-12,16H2,1-6H3/t26-,30-,31-,32+,33-,34+/m1/s1. The summed E-state index contributed by atoms with van der Waals surface area (Å²) in [6, 6.07) is 5.76. The number of allylic oxidation sites excluding steroid dienone is 3. The van der Waals surface area contributed by atoms with Gasteiger partial charge in [-0.2, -0.15) is 10.5 Å². The number of methoxy groups -OCH3 is 1. The average molecular weight is 537 g/mol. The SMILES string of the molecule is COC(=O)[C@]1(C)CC[C@]2(C)CC[C@]3(C)C4=Cc5c(C#N)c(C#N)cc6c5C(=CC(=O)C6=O)[C@]4(C)CC[C@@]3(C)[C@@H]2C1. The molecule has 0 saturated heterocycles. The lowest BCUT2D eigenvalue weighted by Gasteiger charge is -2.70. The van der Waals surface area contributed by atoms with Gasteiger partial charge in [-0.3, -0.25) is 14.4 Å². The molecular weight excluding hydrogens is 500 g/mol. The molecule has 3 fully saturated rings. The quantitative estimate of drug-likeness (QED) is 0.297. The molecule has 6 rings (SSSR count). The van der Waals surface area contributed by atoms with E-state index in [1.807, 2.05) is 0 Å².